The molecule has 0 aromatic carbocycles. The first-order chi connectivity index (χ1) is 9.26. The van der Waals surface area contributed by atoms with Gasteiger partial charge in [-0.3, -0.25) is 4.79 Å². The summed E-state index contributed by atoms with van der Waals surface area (Å²) >= 11 is 0. The van der Waals surface area contributed by atoms with Gasteiger partial charge in [0.2, 0.25) is 0 Å². The third-order valence-corrected chi connectivity index (χ3v) is 3.85. The third-order valence-electron chi connectivity index (χ3n) is 3.85. The highest BCUT2D eigenvalue weighted by Gasteiger charge is 2.17. The summed E-state index contributed by atoms with van der Waals surface area (Å²) in [5, 5.41) is 0. The summed E-state index contributed by atoms with van der Waals surface area (Å²) in [6, 6.07) is 0. The molecular weight excluding hydrogens is 236 g/mol. The number of carbonyl (C=O) groups excluding carboxylic acids is 1. The summed E-state index contributed by atoms with van der Waals surface area (Å²) in [5.74, 6) is 0.152. The van der Waals surface area contributed by atoms with Gasteiger partial charge in [-0.2, -0.15) is 0 Å². The molecule has 114 valence electrons. The minimum atomic E-state index is 0.00554. The standard InChI is InChI=1S/C17H34O2/c1-4-6-8-10-12-14-16(17(18)19-3)15-13-11-9-7-5-2/h16H,4-15H2,1-3H3. The number of rotatable bonds is 13. The molecule has 0 aromatic heterocycles. The second kappa shape index (κ2) is 13.9. The summed E-state index contributed by atoms with van der Waals surface area (Å²) < 4.78 is 4.93. The number of unbranched alkanes of at least 4 members (excludes halogenated alkanes) is 8. The van der Waals surface area contributed by atoms with E-state index in [0.29, 0.717) is 0 Å². The van der Waals surface area contributed by atoms with Crippen LogP contribution in [0.25, 0.3) is 0 Å². The predicted molar refractivity (Wildman–Crippen MR) is 82.3 cm³/mol. The van der Waals surface area contributed by atoms with Crippen molar-refractivity contribution in [3.8, 4) is 0 Å². The van der Waals surface area contributed by atoms with E-state index in [9.17, 15) is 4.79 Å². The Balaban J connectivity index is 3.73. The van der Waals surface area contributed by atoms with Crippen molar-refractivity contribution < 1.29 is 9.53 Å². The Bertz CT molecular complexity index is 187. The number of esters is 1. The lowest BCUT2D eigenvalue weighted by Gasteiger charge is -2.14. The van der Waals surface area contributed by atoms with E-state index in [2.05, 4.69) is 13.8 Å². The van der Waals surface area contributed by atoms with E-state index in [1.54, 1.807) is 0 Å². The number of hydrogen-bond acceptors (Lipinski definition) is 2. The molecule has 0 saturated carbocycles. The van der Waals surface area contributed by atoms with Gasteiger partial charge in [0, 0.05) is 0 Å². The fourth-order valence-corrected chi connectivity index (χ4v) is 2.54. The Labute approximate surface area is 120 Å². The molecular formula is C17H34O2. The molecule has 0 radical (unpaired) electrons. The van der Waals surface area contributed by atoms with E-state index >= 15 is 0 Å². The zero-order valence-corrected chi connectivity index (χ0v) is 13.4. The zero-order valence-electron chi connectivity index (χ0n) is 13.4. The molecule has 0 aromatic rings. The molecule has 0 aliphatic rings. The number of ether oxygens (including phenoxy) is 1. The molecule has 19 heavy (non-hydrogen) atoms. The van der Waals surface area contributed by atoms with Crippen LogP contribution in [0.15, 0.2) is 0 Å². The first-order valence-corrected chi connectivity index (χ1v) is 8.34. The molecule has 0 aliphatic carbocycles. The molecule has 0 unspecified atom stereocenters. The van der Waals surface area contributed by atoms with Gasteiger partial charge in [0.1, 0.15) is 0 Å². The molecule has 0 spiro atoms. The largest absolute Gasteiger partial charge is 0.469 e. The highest BCUT2D eigenvalue weighted by Crippen LogP contribution is 2.20. The van der Waals surface area contributed by atoms with Crippen LogP contribution in [0, 0.1) is 5.92 Å². The third kappa shape index (κ3) is 11.0. The fraction of sp³-hybridized carbons (Fsp3) is 0.941. The molecule has 2 heteroatoms. The Morgan fingerprint density at radius 2 is 1.21 bits per heavy atom. The Morgan fingerprint density at radius 1 is 0.789 bits per heavy atom. The van der Waals surface area contributed by atoms with E-state index in [1.165, 1.54) is 71.3 Å². The average Bonchev–Trinajstić information content (AvgIpc) is 2.43. The highest BCUT2D eigenvalue weighted by molar-refractivity contribution is 5.72. The smallest absolute Gasteiger partial charge is 0.308 e. The second-order valence-electron chi connectivity index (χ2n) is 5.63. The van der Waals surface area contributed by atoms with Crippen LogP contribution in [0.5, 0.6) is 0 Å². The Morgan fingerprint density at radius 3 is 1.58 bits per heavy atom. The van der Waals surface area contributed by atoms with Crippen molar-refractivity contribution in [2.45, 2.75) is 90.9 Å². The van der Waals surface area contributed by atoms with Crippen molar-refractivity contribution in [2.75, 3.05) is 7.11 Å². The average molecular weight is 270 g/mol. The maximum absolute atomic E-state index is 11.7. The van der Waals surface area contributed by atoms with Gasteiger partial charge in [-0.25, -0.2) is 0 Å². The molecule has 0 atom stereocenters. The minimum absolute atomic E-state index is 0.00554. The second-order valence-corrected chi connectivity index (χ2v) is 5.63. The van der Waals surface area contributed by atoms with Crippen molar-refractivity contribution >= 4 is 5.97 Å². The van der Waals surface area contributed by atoms with E-state index in [1.807, 2.05) is 0 Å². The molecule has 0 aliphatic heterocycles. The lowest BCUT2D eigenvalue weighted by Crippen LogP contribution is -2.16. The van der Waals surface area contributed by atoms with Gasteiger partial charge in [0.05, 0.1) is 13.0 Å². The van der Waals surface area contributed by atoms with Crippen molar-refractivity contribution in [3.05, 3.63) is 0 Å². The lowest BCUT2D eigenvalue weighted by atomic mass is 9.94. The van der Waals surface area contributed by atoms with Crippen molar-refractivity contribution in [1.82, 2.24) is 0 Å². The fourth-order valence-electron chi connectivity index (χ4n) is 2.54. The van der Waals surface area contributed by atoms with Gasteiger partial charge in [-0.1, -0.05) is 78.1 Å². The molecule has 0 N–H and O–H groups in total. The normalized spacial score (nSPS) is 10.9. The van der Waals surface area contributed by atoms with Crippen LogP contribution in [0.4, 0.5) is 0 Å². The summed E-state index contributed by atoms with van der Waals surface area (Å²) in [4.78, 5) is 11.7. The molecule has 0 rings (SSSR count). The van der Waals surface area contributed by atoms with Gasteiger partial charge >= 0.3 is 5.97 Å². The van der Waals surface area contributed by atoms with Crippen LogP contribution >= 0.6 is 0 Å². The molecule has 2 nitrogen and oxygen atoms in total. The lowest BCUT2D eigenvalue weighted by molar-refractivity contribution is -0.146. The Kier molecular flexibility index (Phi) is 13.5. The monoisotopic (exact) mass is 270 g/mol. The van der Waals surface area contributed by atoms with Gasteiger partial charge in [0.25, 0.3) is 0 Å². The van der Waals surface area contributed by atoms with Gasteiger partial charge in [0.15, 0.2) is 0 Å². The molecule has 0 amide bonds. The quantitative estimate of drug-likeness (QED) is 0.326. The first-order valence-electron chi connectivity index (χ1n) is 8.34. The minimum Gasteiger partial charge on any atom is -0.469 e. The van der Waals surface area contributed by atoms with Crippen molar-refractivity contribution in [2.24, 2.45) is 5.92 Å². The number of methoxy groups -OCH3 is 1. The van der Waals surface area contributed by atoms with Crippen molar-refractivity contribution in [1.29, 1.82) is 0 Å². The summed E-state index contributed by atoms with van der Waals surface area (Å²) in [7, 11) is 1.52. The van der Waals surface area contributed by atoms with Crippen LogP contribution in [-0.2, 0) is 9.53 Å². The van der Waals surface area contributed by atoms with E-state index in [-0.39, 0.29) is 11.9 Å². The van der Waals surface area contributed by atoms with Crippen LogP contribution in [-0.4, -0.2) is 13.1 Å². The van der Waals surface area contributed by atoms with Crippen LogP contribution in [0.3, 0.4) is 0 Å². The van der Waals surface area contributed by atoms with E-state index in [0.717, 1.165) is 12.8 Å². The van der Waals surface area contributed by atoms with E-state index < -0.39 is 0 Å². The number of carbonyl (C=O) groups is 1. The number of hydrogen-bond donors (Lipinski definition) is 0. The SMILES string of the molecule is CCCCCCCC(CCCCCCC)C(=O)OC. The summed E-state index contributed by atoms with van der Waals surface area (Å²) in [5.41, 5.74) is 0. The Hall–Kier alpha value is -0.530. The van der Waals surface area contributed by atoms with Crippen molar-refractivity contribution in [3.63, 3.8) is 0 Å². The summed E-state index contributed by atoms with van der Waals surface area (Å²) in [6.45, 7) is 4.46. The van der Waals surface area contributed by atoms with Gasteiger partial charge < -0.3 is 4.74 Å². The molecule has 0 fully saturated rings. The van der Waals surface area contributed by atoms with Gasteiger partial charge in [-0.15, -0.1) is 0 Å². The predicted octanol–water partition coefficient (Wildman–Crippen LogP) is 5.50. The summed E-state index contributed by atoms with van der Waals surface area (Å²) in [6.07, 6.45) is 14.7. The molecule has 0 saturated heterocycles. The van der Waals surface area contributed by atoms with Crippen LogP contribution in [0.1, 0.15) is 90.9 Å². The van der Waals surface area contributed by atoms with Gasteiger partial charge in [-0.05, 0) is 12.8 Å². The topological polar surface area (TPSA) is 26.3 Å². The highest BCUT2D eigenvalue weighted by atomic mass is 16.5. The molecule has 0 bridgehead atoms. The zero-order chi connectivity index (χ0) is 14.3. The first kappa shape index (κ1) is 18.5. The maximum atomic E-state index is 11.7. The van der Waals surface area contributed by atoms with Crippen LogP contribution < -0.4 is 0 Å². The van der Waals surface area contributed by atoms with E-state index in [4.69, 9.17) is 4.74 Å². The van der Waals surface area contributed by atoms with Crippen LogP contribution in [0.2, 0.25) is 0 Å². The molecule has 0 heterocycles. The maximum Gasteiger partial charge on any atom is 0.308 e.